The number of hydrogen-bond acceptors (Lipinski definition) is 4. The van der Waals surface area contributed by atoms with Crippen LogP contribution in [0.5, 0.6) is 0 Å². The van der Waals surface area contributed by atoms with E-state index in [1.807, 2.05) is 0 Å². The van der Waals surface area contributed by atoms with Crippen molar-refractivity contribution in [1.29, 1.82) is 0 Å². The fraction of sp³-hybridized carbons (Fsp3) is 0.636. The maximum Gasteiger partial charge on any atom is 0.249 e. The summed E-state index contributed by atoms with van der Waals surface area (Å²) in [7, 11) is 0. The minimum atomic E-state index is -0.103. The molecule has 2 heterocycles. The van der Waals surface area contributed by atoms with Gasteiger partial charge in [0, 0.05) is 5.92 Å². The van der Waals surface area contributed by atoms with Gasteiger partial charge in [-0.15, -0.1) is 0 Å². The van der Waals surface area contributed by atoms with E-state index in [-0.39, 0.29) is 29.6 Å². The van der Waals surface area contributed by atoms with Gasteiger partial charge in [-0.2, -0.15) is 10.2 Å². The van der Waals surface area contributed by atoms with E-state index in [0.717, 1.165) is 30.7 Å². The van der Waals surface area contributed by atoms with Crippen molar-refractivity contribution in [2.75, 3.05) is 0 Å². The molecule has 0 spiro atoms. The van der Waals surface area contributed by atoms with Crippen molar-refractivity contribution in [2.45, 2.75) is 19.3 Å². The average Bonchev–Trinajstić information content (AvgIpc) is 2.85. The Bertz CT molecular complexity index is 496. The molecule has 0 unspecified atom stereocenters. The molecule has 2 aliphatic heterocycles. The van der Waals surface area contributed by atoms with Crippen LogP contribution in [0.2, 0.25) is 0 Å². The van der Waals surface area contributed by atoms with Gasteiger partial charge in [-0.25, -0.2) is 10.9 Å². The highest BCUT2D eigenvalue weighted by molar-refractivity contribution is 6.15. The Kier molecular flexibility index (Phi) is 1.61. The number of nitrogens with zero attached hydrogens (tertiary/aromatic N) is 2. The summed E-state index contributed by atoms with van der Waals surface area (Å²) in [6.07, 6.45) is 2.46. The molecule has 2 saturated carbocycles. The molecule has 6 nitrogen and oxygen atoms in total. The molecule has 0 aromatic carbocycles. The summed E-state index contributed by atoms with van der Waals surface area (Å²) in [5.41, 5.74) is 7.05. The van der Waals surface area contributed by atoms with Gasteiger partial charge in [-0.1, -0.05) is 0 Å². The Morgan fingerprint density at radius 1 is 1.06 bits per heavy atom. The Balaban J connectivity index is 1.73. The SMILES string of the molecule is O=C1NN=C2[C@@H]3CC4=NNC(=O)[C@H]4[C@@H](C3)C[C@H]12. The highest BCUT2D eigenvalue weighted by Gasteiger charge is 2.51. The van der Waals surface area contributed by atoms with Gasteiger partial charge in [0.15, 0.2) is 0 Å². The lowest BCUT2D eigenvalue weighted by atomic mass is 9.62. The molecule has 2 aliphatic carbocycles. The van der Waals surface area contributed by atoms with Crippen molar-refractivity contribution in [1.82, 2.24) is 10.9 Å². The first-order valence-electron chi connectivity index (χ1n) is 5.97. The number of rotatable bonds is 0. The molecule has 0 saturated heterocycles. The first kappa shape index (κ1) is 9.32. The van der Waals surface area contributed by atoms with Gasteiger partial charge in [0.05, 0.1) is 23.3 Å². The van der Waals surface area contributed by atoms with Gasteiger partial charge < -0.3 is 0 Å². The van der Waals surface area contributed by atoms with Crippen LogP contribution >= 0.6 is 0 Å². The predicted molar refractivity (Wildman–Crippen MR) is 59.0 cm³/mol. The van der Waals surface area contributed by atoms with Crippen LogP contribution in [0.4, 0.5) is 0 Å². The van der Waals surface area contributed by atoms with Gasteiger partial charge >= 0.3 is 0 Å². The number of nitrogens with one attached hydrogen (secondary N) is 2. The number of amides is 2. The Morgan fingerprint density at radius 2 is 1.88 bits per heavy atom. The molecule has 2 N–H and O–H groups in total. The zero-order valence-corrected chi connectivity index (χ0v) is 9.14. The molecule has 2 fully saturated rings. The molecule has 0 aromatic heterocycles. The topological polar surface area (TPSA) is 82.9 Å². The second-order valence-electron chi connectivity index (χ2n) is 5.25. The minimum absolute atomic E-state index is 0.00208. The van der Waals surface area contributed by atoms with Crippen molar-refractivity contribution >= 4 is 23.2 Å². The van der Waals surface area contributed by atoms with E-state index in [4.69, 9.17) is 0 Å². The standard InChI is InChI=1S/C11H12N4O2/c16-10-6-2-4-1-5(9(6)13-14-10)3-7-8(4)11(17)15-12-7/h4-6,8H,1-3H2,(H,14,16)(H,15,17)/t4-,5-,6-,8-/m0/s1. The Hall–Kier alpha value is -1.72. The summed E-state index contributed by atoms with van der Waals surface area (Å²) in [6, 6.07) is 0. The predicted octanol–water partition coefficient (Wildman–Crippen LogP) is -0.380. The van der Waals surface area contributed by atoms with E-state index in [0.29, 0.717) is 5.92 Å². The highest BCUT2D eigenvalue weighted by atomic mass is 16.2. The molecule has 0 aromatic rings. The van der Waals surface area contributed by atoms with E-state index in [1.54, 1.807) is 0 Å². The van der Waals surface area contributed by atoms with Gasteiger partial charge in [-0.05, 0) is 25.2 Å². The number of fused-ring (bicyclic) bond motifs is 6. The van der Waals surface area contributed by atoms with Crippen LogP contribution in [0.3, 0.4) is 0 Å². The largest absolute Gasteiger partial charge is 0.272 e. The molecule has 4 atom stereocenters. The number of carbonyl (C=O) groups excluding carboxylic acids is 2. The van der Waals surface area contributed by atoms with Gasteiger partial charge in [0.2, 0.25) is 11.8 Å². The van der Waals surface area contributed by atoms with Crippen molar-refractivity contribution in [2.24, 2.45) is 33.9 Å². The number of carbonyl (C=O) groups is 2. The lowest BCUT2D eigenvalue weighted by molar-refractivity contribution is -0.126. The maximum atomic E-state index is 11.7. The van der Waals surface area contributed by atoms with Gasteiger partial charge in [0.25, 0.3) is 0 Å². The average molecular weight is 232 g/mol. The monoisotopic (exact) mass is 232 g/mol. The molecule has 88 valence electrons. The highest BCUT2D eigenvalue weighted by Crippen LogP contribution is 2.45. The summed E-state index contributed by atoms with van der Waals surface area (Å²) in [6.45, 7) is 0. The van der Waals surface area contributed by atoms with E-state index in [9.17, 15) is 9.59 Å². The summed E-state index contributed by atoms with van der Waals surface area (Å²) in [5.74, 6) is 0.342. The molecule has 17 heavy (non-hydrogen) atoms. The zero-order valence-electron chi connectivity index (χ0n) is 9.14. The van der Waals surface area contributed by atoms with E-state index in [2.05, 4.69) is 21.1 Å². The molecular weight excluding hydrogens is 220 g/mol. The first-order chi connectivity index (χ1) is 8.24. The quantitative estimate of drug-likeness (QED) is 0.596. The minimum Gasteiger partial charge on any atom is -0.272 e. The Morgan fingerprint density at radius 3 is 2.76 bits per heavy atom. The number of hydrogen-bond donors (Lipinski definition) is 2. The normalized spacial score (nSPS) is 42.1. The molecule has 4 rings (SSSR count). The fourth-order valence-corrected chi connectivity index (χ4v) is 3.69. The van der Waals surface area contributed by atoms with Gasteiger partial charge in [0.1, 0.15) is 0 Å². The molecule has 2 bridgehead atoms. The number of hydrazone groups is 2. The van der Waals surface area contributed by atoms with Crippen molar-refractivity contribution < 1.29 is 9.59 Å². The third-order valence-corrected chi connectivity index (χ3v) is 4.39. The molecule has 0 radical (unpaired) electrons. The van der Waals surface area contributed by atoms with Crippen LogP contribution in [-0.2, 0) is 9.59 Å². The molecule has 6 heteroatoms. The van der Waals surface area contributed by atoms with Crippen LogP contribution < -0.4 is 10.9 Å². The summed E-state index contributed by atoms with van der Waals surface area (Å²) < 4.78 is 0. The Labute approximate surface area is 97.5 Å². The second kappa shape index (κ2) is 2.94. The molecule has 2 amide bonds. The van der Waals surface area contributed by atoms with Crippen LogP contribution in [0.15, 0.2) is 10.2 Å². The van der Waals surface area contributed by atoms with Crippen LogP contribution in [0, 0.1) is 23.7 Å². The van der Waals surface area contributed by atoms with Gasteiger partial charge in [-0.3, -0.25) is 9.59 Å². The van der Waals surface area contributed by atoms with E-state index in [1.165, 1.54) is 0 Å². The van der Waals surface area contributed by atoms with Crippen molar-refractivity contribution in [3.8, 4) is 0 Å². The summed E-state index contributed by atoms with van der Waals surface area (Å²) >= 11 is 0. The fourth-order valence-electron chi connectivity index (χ4n) is 3.69. The third kappa shape index (κ3) is 1.10. The second-order valence-corrected chi connectivity index (χ2v) is 5.25. The molecular formula is C11H12N4O2. The first-order valence-corrected chi connectivity index (χ1v) is 5.97. The zero-order chi connectivity index (χ0) is 11.6. The van der Waals surface area contributed by atoms with Crippen molar-refractivity contribution in [3.63, 3.8) is 0 Å². The van der Waals surface area contributed by atoms with E-state index < -0.39 is 0 Å². The third-order valence-electron chi connectivity index (χ3n) is 4.39. The lowest BCUT2D eigenvalue weighted by Gasteiger charge is -2.39. The summed E-state index contributed by atoms with van der Waals surface area (Å²) in [4.78, 5) is 23.4. The maximum absolute atomic E-state index is 11.7. The summed E-state index contributed by atoms with van der Waals surface area (Å²) in [5, 5.41) is 8.26. The smallest absolute Gasteiger partial charge is 0.249 e. The lowest BCUT2D eigenvalue weighted by Crippen LogP contribution is -2.46. The van der Waals surface area contributed by atoms with E-state index >= 15 is 0 Å². The van der Waals surface area contributed by atoms with Crippen LogP contribution in [0.1, 0.15) is 19.3 Å². The van der Waals surface area contributed by atoms with Crippen LogP contribution in [-0.4, -0.2) is 23.2 Å². The molecule has 4 aliphatic rings. The van der Waals surface area contributed by atoms with Crippen LogP contribution in [0.25, 0.3) is 0 Å². The van der Waals surface area contributed by atoms with Crippen molar-refractivity contribution in [3.05, 3.63) is 0 Å².